The van der Waals surface area contributed by atoms with Gasteiger partial charge in [0, 0.05) is 6.42 Å². The summed E-state index contributed by atoms with van der Waals surface area (Å²) >= 11 is 0. The van der Waals surface area contributed by atoms with Crippen molar-refractivity contribution in [2.45, 2.75) is 65.2 Å². The van der Waals surface area contributed by atoms with Crippen molar-refractivity contribution >= 4 is 5.97 Å². The molecular formula is C20H28O3. The lowest BCUT2D eigenvalue weighted by atomic mass is 9.43. The van der Waals surface area contributed by atoms with Crippen molar-refractivity contribution in [3.05, 3.63) is 23.7 Å². The zero-order valence-corrected chi connectivity index (χ0v) is 14.5. The van der Waals surface area contributed by atoms with Crippen LogP contribution in [0.3, 0.4) is 0 Å². The molecule has 3 aliphatic carbocycles. The predicted molar refractivity (Wildman–Crippen MR) is 88.2 cm³/mol. The van der Waals surface area contributed by atoms with E-state index in [1.165, 1.54) is 18.4 Å². The van der Waals surface area contributed by atoms with E-state index in [0.717, 1.165) is 31.4 Å². The van der Waals surface area contributed by atoms with Gasteiger partial charge < -0.3 is 9.52 Å². The van der Waals surface area contributed by atoms with E-state index in [2.05, 4.69) is 19.9 Å². The first kappa shape index (κ1) is 15.3. The van der Waals surface area contributed by atoms with Crippen LogP contribution in [-0.2, 0) is 11.2 Å². The van der Waals surface area contributed by atoms with Gasteiger partial charge in [-0.2, -0.15) is 0 Å². The largest absolute Gasteiger partial charge is 0.481 e. The summed E-state index contributed by atoms with van der Waals surface area (Å²) in [7, 11) is 0. The Morgan fingerprint density at radius 2 is 2.09 bits per heavy atom. The fraction of sp³-hybridized carbons (Fsp3) is 0.750. The average Bonchev–Trinajstić information content (AvgIpc) is 2.96. The van der Waals surface area contributed by atoms with Crippen LogP contribution in [0, 0.1) is 28.6 Å². The van der Waals surface area contributed by atoms with Gasteiger partial charge in [0.1, 0.15) is 5.76 Å². The van der Waals surface area contributed by atoms with Gasteiger partial charge in [0.05, 0.1) is 11.7 Å². The van der Waals surface area contributed by atoms with Crippen LogP contribution in [0.4, 0.5) is 0 Å². The number of hydrogen-bond acceptors (Lipinski definition) is 2. The van der Waals surface area contributed by atoms with Gasteiger partial charge in [0.25, 0.3) is 0 Å². The summed E-state index contributed by atoms with van der Waals surface area (Å²) in [6.45, 7) is 6.73. The lowest BCUT2D eigenvalue weighted by Gasteiger charge is -2.60. The summed E-state index contributed by atoms with van der Waals surface area (Å²) in [6, 6.07) is 2.15. The van der Waals surface area contributed by atoms with E-state index in [1.807, 2.05) is 13.2 Å². The van der Waals surface area contributed by atoms with E-state index in [4.69, 9.17) is 4.42 Å². The standard InChI is InChI=1S/C20H28O3/c1-12-13-5-6-17-19(2,8-4-9-20(17,3)18(21)22)15(13)11-16-14(12)7-10-23-16/h7,10,12-13,15,17H,4-6,8-9,11H2,1-3H3,(H,21,22)/t12-,13+,15+,17-,19-,20-/m1/s1. The Labute approximate surface area is 138 Å². The van der Waals surface area contributed by atoms with E-state index in [9.17, 15) is 9.90 Å². The number of furan rings is 1. The smallest absolute Gasteiger partial charge is 0.309 e. The molecule has 0 aliphatic heterocycles. The molecule has 0 amide bonds. The number of carboxylic acids is 1. The molecule has 126 valence electrons. The number of carboxylic acid groups (broad SMARTS) is 1. The third-order valence-electron chi connectivity index (χ3n) is 7.94. The number of fused-ring (bicyclic) bond motifs is 4. The van der Waals surface area contributed by atoms with Crippen molar-refractivity contribution in [1.29, 1.82) is 0 Å². The summed E-state index contributed by atoms with van der Waals surface area (Å²) in [6.07, 6.45) is 8.11. The second kappa shape index (κ2) is 4.87. The molecule has 3 heteroatoms. The van der Waals surface area contributed by atoms with Crippen molar-refractivity contribution in [3.63, 3.8) is 0 Å². The SMILES string of the molecule is C[C@H]1c2ccoc2C[C@H]2[C@H]1CC[C@@H]1[C@]2(C)CCC[C@@]1(C)C(=O)O. The summed E-state index contributed by atoms with van der Waals surface area (Å²) in [4.78, 5) is 12.0. The van der Waals surface area contributed by atoms with Gasteiger partial charge in [0.15, 0.2) is 0 Å². The fourth-order valence-corrected chi connectivity index (χ4v) is 6.65. The van der Waals surface area contributed by atoms with Gasteiger partial charge in [-0.15, -0.1) is 0 Å². The molecule has 6 atom stereocenters. The molecule has 0 spiro atoms. The first-order valence-corrected chi connectivity index (χ1v) is 9.17. The second-order valence-corrected chi connectivity index (χ2v) is 8.77. The fourth-order valence-electron chi connectivity index (χ4n) is 6.65. The molecule has 0 bridgehead atoms. The summed E-state index contributed by atoms with van der Waals surface area (Å²) in [5.74, 6) is 2.65. The molecule has 2 fully saturated rings. The van der Waals surface area contributed by atoms with Gasteiger partial charge >= 0.3 is 5.97 Å². The van der Waals surface area contributed by atoms with Gasteiger partial charge in [-0.25, -0.2) is 0 Å². The molecule has 3 aliphatic rings. The van der Waals surface area contributed by atoms with Crippen LogP contribution >= 0.6 is 0 Å². The van der Waals surface area contributed by atoms with Crippen molar-refractivity contribution in [1.82, 2.24) is 0 Å². The van der Waals surface area contributed by atoms with Gasteiger partial charge in [-0.3, -0.25) is 4.79 Å². The molecule has 0 aromatic carbocycles. The quantitative estimate of drug-likeness (QED) is 0.804. The highest BCUT2D eigenvalue weighted by Gasteiger charge is 2.60. The Morgan fingerprint density at radius 3 is 2.83 bits per heavy atom. The Bertz CT molecular complexity index is 633. The molecule has 4 rings (SSSR count). The molecular weight excluding hydrogens is 288 g/mol. The van der Waals surface area contributed by atoms with Crippen molar-refractivity contribution < 1.29 is 14.3 Å². The molecule has 1 N–H and O–H groups in total. The molecule has 23 heavy (non-hydrogen) atoms. The number of carbonyl (C=O) groups is 1. The first-order chi connectivity index (χ1) is 10.9. The summed E-state index contributed by atoms with van der Waals surface area (Å²) in [5.41, 5.74) is 0.975. The molecule has 0 unspecified atom stereocenters. The predicted octanol–water partition coefficient (Wildman–Crippen LogP) is 4.86. The highest BCUT2D eigenvalue weighted by molar-refractivity contribution is 5.75. The molecule has 0 radical (unpaired) electrons. The molecule has 3 nitrogen and oxygen atoms in total. The van der Waals surface area contributed by atoms with Crippen LogP contribution < -0.4 is 0 Å². The molecule has 2 saturated carbocycles. The molecule has 1 aromatic rings. The molecule has 1 aromatic heterocycles. The zero-order valence-electron chi connectivity index (χ0n) is 14.5. The zero-order chi connectivity index (χ0) is 16.4. The number of aliphatic carboxylic acids is 1. The van der Waals surface area contributed by atoms with Gasteiger partial charge in [-0.05, 0) is 73.3 Å². The van der Waals surface area contributed by atoms with Crippen LogP contribution in [0.2, 0.25) is 0 Å². The topological polar surface area (TPSA) is 50.4 Å². The maximum atomic E-state index is 12.0. The van der Waals surface area contributed by atoms with E-state index >= 15 is 0 Å². The normalized spacial score (nSPS) is 45.7. The minimum absolute atomic E-state index is 0.132. The Morgan fingerprint density at radius 1 is 1.30 bits per heavy atom. The highest BCUT2D eigenvalue weighted by Crippen LogP contribution is 2.64. The second-order valence-electron chi connectivity index (χ2n) is 8.77. The van der Waals surface area contributed by atoms with Gasteiger partial charge in [0.2, 0.25) is 0 Å². The maximum absolute atomic E-state index is 12.0. The van der Waals surface area contributed by atoms with E-state index in [0.29, 0.717) is 23.7 Å². The minimum atomic E-state index is -0.588. The Kier molecular flexibility index (Phi) is 3.24. The van der Waals surface area contributed by atoms with Crippen molar-refractivity contribution in [3.8, 4) is 0 Å². The monoisotopic (exact) mass is 316 g/mol. The maximum Gasteiger partial charge on any atom is 0.309 e. The lowest BCUT2D eigenvalue weighted by Crippen LogP contribution is -2.56. The van der Waals surface area contributed by atoms with Crippen LogP contribution in [-0.4, -0.2) is 11.1 Å². The van der Waals surface area contributed by atoms with E-state index < -0.39 is 11.4 Å². The third-order valence-corrected chi connectivity index (χ3v) is 7.94. The van der Waals surface area contributed by atoms with Crippen LogP contribution in [0.1, 0.15) is 70.1 Å². The van der Waals surface area contributed by atoms with Crippen LogP contribution in [0.25, 0.3) is 0 Å². The third kappa shape index (κ3) is 1.91. The first-order valence-electron chi connectivity index (χ1n) is 9.17. The molecule has 1 heterocycles. The summed E-state index contributed by atoms with van der Waals surface area (Å²) < 4.78 is 5.78. The average molecular weight is 316 g/mol. The van der Waals surface area contributed by atoms with Gasteiger partial charge in [-0.1, -0.05) is 20.3 Å². The molecule has 0 saturated heterocycles. The van der Waals surface area contributed by atoms with Crippen LogP contribution in [0.15, 0.2) is 16.7 Å². The Hall–Kier alpha value is -1.25. The van der Waals surface area contributed by atoms with E-state index in [-0.39, 0.29) is 5.41 Å². The number of rotatable bonds is 1. The minimum Gasteiger partial charge on any atom is -0.481 e. The van der Waals surface area contributed by atoms with Crippen molar-refractivity contribution in [2.24, 2.45) is 28.6 Å². The number of hydrogen-bond donors (Lipinski definition) is 1. The Balaban J connectivity index is 1.75. The lowest BCUT2D eigenvalue weighted by molar-refractivity contribution is -0.171. The van der Waals surface area contributed by atoms with Crippen LogP contribution in [0.5, 0.6) is 0 Å². The summed E-state index contributed by atoms with van der Waals surface area (Å²) in [5, 5.41) is 9.91. The van der Waals surface area contributed by atoms with Crippen molar-refractivity contribution in [2.75, 3.05) is 0 Å². The highest BCUT2D eigenvalue weighted by atomic mass is 16.4. The van der Waals surface area contributed by atoms with E-state index in [1.54, 1.807) is 0 Å².